The Morgan fingerprint density at radius 1 is 1.13 bits per heavy atom. The number of ether oxygens (including phenoxy) is 1. The zero-order chi connectivity index (χ0) is 21.6. The summed E-state index contributed by atoms with van der Waals surface area (Å²) >= 11 is 1.14. The molecule has 7 nitrogen and oxygen atoms in total. The quantitative estimate of drug-likeness (QED) is 0.284. The first-order chi connectivity index (χ1) is 15.1. The highest BCUT2D eigenvalue weighted by Gasteiger charge is 2.20. The Hall–Kier alpha value is -3.13. The molecule has 0 radical (unpaired) electrons. The zero-order valence-electron chi connectivity index (χ0n) is 17.5. The number of aryl methyl sites for hydroxylation is 1. The molecule has 1 aliphatic rings. The molecule has 0 saturated heterocycles. The molecule has 4 rings (SSSR count). The van der Waals surface area contributed by atoms with Gasteiger partial charge in [-0.3, -0.25) is 10.4 Å². The van der Waals surface area contributed by atoms with Crippen molar-refractivity contribution in [1.82, 2.24) is 14.7 Å². The van der Waals surface area contributed by atoms with Gasteiger partial charge in [-0.25, -0.2) is 0 Å². The summed E-state index contributed by atoms with van der Waals surface area (Å²) in [4.78, 5) is 4.23. The van der Waals surface area contributed by atoms with Crippen LogP contribution in [0.5, 0.6) is 17.4 Å². The largest absolute Gasteiger partial charge is 0.492 e. The number of nitrogens with one attached hydrogen (secondary N) is 3. The number of hydrogen-bond donors (Lipinski definition) is 4. The lowest BCUT2D eigenvalue weighted by Gasteiger charge is -2.22. The molecule has 1 aliphatic carbocycles. The minimum atomic E-state index is -0.125. The smallest absolute Gasteiger partial charge is 0.236 e. The highest BCUT2D eigenvalue weighted by atomic mass is 32.1. The van der Waals surface area contributed by atoms with E-state index in [1.54, 1.807) is 6.20 Å². The van der Waals surface area contributed by atoms with E-state index in [0.29, 0.717) is 28.0 Å². The second kappa shape index (κ2) is 9.78. The van der Waals surface area contributed by atoms with Gasteiger partial charge in [0.2, 0.25) is 5.88 Å². The van der Waals surface area contributed by atoms with Gasteiger partial charge in [0, 0.05) is 17.9 Å². The van der Waals surface area contributed by atoms with E-state index in [1.807, 2.05) is 43.3 Å². The maximum absolute atomic E-state index is 10.2. The number of aromatic nitrogens is 2. The van der Waals surface area contributed by atoms with E-state index in [1.165, 1.54) is 32.1 Å². The fraction of sp³-hybridized carbons (Fsp3) is 0.348. The highest BCUT2D eigenvalue weighted by molar-refractivity contribution is 7.11. The summed E-state index contributed by atoms with van der Waals surface area (Å²) in [7, 11) is 0. The van der Waals surface area contributed by atoms with E-state index < -0.39 is 0 Å². The number of pyridine rings is 1. The summed E-state index contributed by atoms with van der Waals surface area (Å²) in [6.45, 7) is 2.69. The van der Waals surface area contributed by atoms with Crippen LogP contribution < -0.4 is 15.4 Å². The summed E-state index contributed by atoms with van der Waals surface area (Å²) in [5, 5.41) is 25.7. The van der Waals surface area contributed by atoms with Crippen molar-refractivity contribution in [3.05, 3.63) is 53.9 Å². The predicted octanol–water partition coefficient (Wildman–Crippen LogP) is 5.58. The number of nitrogens with zero attached hydrogens (tertiary/aromatic N) is 2. The van der Waals surface area contributed by atoms with Gasteiger partial charge in [-0.2, -0.15) is 4.37 Å². The lowest BCUT2D eigenvalue weighted by Crippen LogP contribution is -2.30. The van der Waals surface area contributed by atoms with Gasteiger partial charge in [0.15, 0.2) is 0 Å². The van der Waals surface area contributed by atoms with Crippen molar-refractivity contribution >= 4 is 28.1 Å². The summed E-state index contributed by atoms with van der Waals surface area (Å²) in [6, 6.07) is 11.3. The van der Waals surface area contributed by atoms with Crippen LogP contribution in [0, 0.1) is 18.3 Å². The van der Waals surface area contributed by atoms with Crippen LogP contribution in [-0.2, 0) is 0 Å². The molecule has 2 aromatic heterocycles. The summed E-state index contributed by atoms with van der Waals surface area (Å²) in [5.41, 5.74) is 2.17. The molecule has 1 fully saturated rings. The minimum Gasteiger partial charge on any atom is -0.492 e. The number of hydrogen-bond acceptors (Lipinski definition) is 7. The van der Waals surface area contributed by atoms with Gasteiger partial charge < -0.3 is 20.5 Å². The SMILES string of the molecule is Cc1ccc(Oc2ccc(Nc3snc(O)c3C(=N)NCC3CCCCC3)cc2)cn1. The van der Waals surface area contributed by atoms with Crippen LogP contribution >= 0.6 is 11.5 Å². The van der Waals surface area contributed by atoms with Crippen molar-refractivity contribution in [2.45, 2.75) is 39.0 Å². The first-order valence-corrected chi connectivity index (χ1v) is 11.3. The van der Waals surface area contributed by atoms with Crippen LogP contribution in [0.1, 0.15) is 43.4 Å². The Kier molecular flexibility index (Phi) is 6.66. The van der Waals surface area contributed by atoms with Crippen LogP contribution in [0.3, 0.4) is 0 Å². The van der Waals surface area contributed by atoms with E-state index in [-0.39, 0.29) is 11.7 Å². The Bertz CT molecular complexity index is 1010. The molecule has 0 unspecified atom stereocenters. The third kappa shape index (κ3) is 5.52. The maximum atomic E-state index is 10.2. The maximum Gasteiger partial charge on any atom is 0.236 e. The molecule has 0 amide bonds. The van der Waals surface area contributed by atoms with E-state index in [9.17, 15) is 5.11 Å². The van der Waals surface area contributed by atoms with Gasteiger partial charge in [-0.05, 0) is 73.6 Å². The van der Waals surface area contributed by atoms with Crippen LogP contribution in [0.15, 0.2) is 42.6 Å². The molecule has 8 heteroatoms. The molecule has 0 spiro atoms. The van der Waals surface area contributed by atoms with Gasteiger partial charge in [0.1, 0.15) is 27.9 Å². The fourth-order valence-corrected chi connectivity index (χ4v) is 4.42. The molecule has 1 saturated carbocycles. The van der Waals surface area contributed by atoms with Crippen LogP contribution in [0.2, 0.25) is 0 Å². The standard InChI is InChI=1S/C23H27N5O2S/c1-15-7-10-19(14-25-15)30-18-11-8-17(9-12-18)27-23-20(22(29)28-31-23)21(24)26-13-16-5-3-2-4-6-16/h7-12,14,16,27H,2-6,13H2,1H3,(H2,24,26)(H,28,29). The van der Waals surface area contributed by atoms with Crippen molar-refractivity contribution in [2.75, 3.05) is 11.9 Å². The lowest BCUT2D eigenvalue weighted by atomic mass is 9.89. The van der Waals surface area contributed by atoms with E-state index >= 15 is 0 Å². The highest BCUT2D eigenvalue weighted by Crippen LogP contribution is 2.33. The predicted molar refractivity (Wildman–Crippen MR) is 124 cm³/mol. The Morgan fingerprint density at radius 2 is 1.87 bits per heavy atom. The monoisotopic (exact) mass is 437 g/mol. The lowest BCUT2D eigenvalue weighted by molar-refractivity contribution is 0.356. The molecule has 0 atom stereocenters. The van der Waals surface area contributed by atoms with Crippen LogP contribution in [-0.4, -0.2) is 26.8 Å². The Labute approximate surface area is 186 Å². The molecular formula is C23H27N5O2S. The molecule has 3 aromatic rings. The van der Waals surface area contributed by atoms with Crippen LogP contribution in [0.25, 0.3) is 0 Å². The van der Waals surface area contributed by atoms with Crippen molar-refractivity contribution < 1.29 is 9.84 Å². The third-order valence-corrected chi connectivity index (χ3v) is 6.20. The molecular weight excluding hydrogens is 410 g/mol. The third-order valence-electron chi connectivity index (χ3n) is 5.45. The Balaban J connectivity index is 1.38. The second-order valence-corrected chi connectivity index (χ2v) is 8.63. The average molecular weight is 438 g/mol. The van der Waals surface area contributed by atoms with E-state index in [4.69, 9.17) is 10.1 Å². The van der Waals surface area contributed by atoms with Crippen molar-refractivity contribution in [3.8, 4) is 17.4 Å². The zero-order valence-corrected chi connectivity index (χ0v) is 18.3. The molecule has 1 aromatic carbocycles. The first-order valence-electron chi connectivity index (χ1n) is 10.6. The topological polar surface area (TPSA) is 103 Å². The normalized spacial score (nSPS) is 14.2. The molecule has 2 heterocycles. The Morgan fingerprint density at radius 3 is 2.58 bits per heavy atom. The molecule has 0 bridgehead atoms. The average Bonchev–Trinajstić information content (AvgIpc) is 3.15. The minimum absolute atomic E-state index is 0.125. The van der Waals surface area contributed by atoms with Gasteiger partial charge in [0.25, 0.3) is 0 Å². The first kappa shape index (κ1) is 21.1. The van der Waals surface area contributed by atoms with E-state index in [0.717, 1.165) is 29.5 Å². The number of amidine groups is 1. The van der Waals surface area contributed by atoms with Gasteiger partial charge >= 0.3 is 0 Å². The molecule has 162 valence electrons. The number of anilines is 2. The molecule has 0 aliphatic heterocycles. The fourth-order valence-electron chi connectivity index (χ4n) is 3.71. The number of rotatable bonds is 7. The second-order valence-electron chi connectivity index (χ2n) is 7.86. The number of aromatic hydroxyl groups is 1. The van der Waals surface area contributed by atoms with Crippen molar-refractivity contribution in [3.63, 3.8) is 0 Å². The summed E-state index contributed by atoms with van der Waals surface area (Å²) in [5.74, 6) is 2.05. The summed E-state index contributed by atoms with van der Waals surface area (Å²) in [6.07, 6.45) is 7.93. The van der Waals surface area contributed by atoms with Crippen molar-refractivity contribution in [2.24, 2.45) is 5.92 Å². The molecule has 4 N–H and O–H groups in total. The van der Waals surface area contributed by atoms with Gasteiger partial charge in [0.05, 0.1) is 6.20 Å². The van der Waals surface area contributed by atoms with Crippen LogP contribution in [0.4, 0.5) is 10.7 Å². The molecule has 31 heavy (non-hydrogen) atoms. The van der Waals surface area contributed by atoms with Gasteiger partial charge in [-0.15, -0.1) is 0 Å². The van der Waals surface area contributed by atoms with E-state index in [2.05, 4.69) is 20.0 Å². The summed E-state index contributed by atoms with van der Waals surface area (Å²) < 4.78 is 9.84. The number of benzene rings is 1. The van der Waals surface area contributed by atoms with Gasteiger partial charge in [-0.1, -0.05) is 19.3 Å². The van der Waals surface area contributed by atoms with Crippen molar-refractivity contribution in [1.29, 1.82) is 5.41 Å².